The normalized spacial score (nSPS) is 26.8. The van der Waals surface area contributed by atoms with Crippen molar-refractivity contribution in [2.75, 3.05) is 0 Å². The average Bonchev–Trinajstić information content (AvgIpc) is 1.88. The van der Waals surface area contributed by atoms with Crippen LogP contribution in [0.1, 0.15) is 26.2 Å². The first-order chi connectivity index (χ1) is 4.72. The van der Waals surface area contributed by atoms with Crippen molar-refractivity contribution in [1.29, 1.82) is 0 Å². The van der Waals surface area contributed by atoms with Crippen LogP contribution in [0, 0.1) is 5.21 Å². The Morgan fingerprint density at radius 1 is 1.80 bits per heavy atom. The molecule has 0 saturated carbocycles. The summed E-state index contributed by atoms with van der Waals surface area (Å²) in [4.78, 5) is 0. The van der Waals surface area contributed by atoms with Crippen LogP contribution in [0.5, 0.6) is 0 Å². The first-order valence-electron chi connectivity index (χ1n) is 3.53. The van der Waals surface area contributed by atoms with Crippen LogP contribution in [0.4, 0.5) is 0 Å². The first-order valence-corrected chi connectivity index (χ1v) is 3.53. The summed E-state index contributed by atoms with van der Waals surface area (Å²) >= 11 is 0. The summed E-state index contributed by atoms with van der Waals surface area (Å²) in [5.41, 5.74) is 0.990. The van der Waals surface area contributed by atoms with Crippen LogP contribution in [0.2, 0.25) is 0 Å². The minimum atomic E-state index is -0.284. The summed E-state index contributed by atoms with van der Waals surface area (Å²) in [5, 5.41) is 19.1. The number of hydrogen-bond acceptors (Lipinski definition) is 3. The molecule has 0 spiro atoms. The molecule has 0 fully saturated rings. The van der Waals surface area contributed by atoms with E-state index in [4.69, 9.17) is 5.21 Å². The van der Waals surface area contributed by atoms with Gasteiger partial charge in [-0.2, -0.15) is 0 Å². The van der Waals surface area contributed by atoms with Gasteiger partial charge in [-0.3, -0.25) is 5.23 Å². The van der Waals surface area contributed by atoms with Gasteiger partial charge in [0.15, 0.2) is 0 Å². The molecule has 0 aromatic rings. The fourth-order valence-electron chi connectivity index (χ4n) is 1.29. The van der Waals surface area contributed by atoms with Gasteiger partial charge in [0.2, 0.25) is 0 Å². The molecular formula is C7H12NO2-. The van der Waals surface area contributed by atoms with Crippen LogP contribution in [0.3, 0.4) is 0 Å². The topological polar surface area (TPSA) is 46.5 Å². The van der Waals surface area contributed by atoms with Gasteiger partial charge >= 0.3 is 0 Å². The van der Waals surface area contributed by atoms with E-state index >= 15 is 0 Å². The van der Waals surface area contributed by atoms with Crippen molar-refractivity contribution < 1.29 is 5.21 Å². The summed E-state index contributed by atoms with van der Waals surface area (Å²) in [7, 11) is 0. The van der Waals surface area contributed by atoms with Gasteiger partial charge in [-0.05, 0) is 26.2 Å². The maximum Gasteiger partial charge on any atom is 0.0423 e. The molecule has 0 heterocycles. The maximum absolute atomic E-state index is 10.4. The largest absolute Gasteiger partial charge is 0.762 e. The second-order valence-corrected chi connectivity index (χ2v) is 2.70. The van der Waals surface area contributed by atoms with Crippen molar-refractivity contribution >= 4 is 0 Å². The van der Waals surface area contributed by atoms with E-state index in [-0.39, 0.29) is 11.3 Å². The second-order valence-electron chi connectivity index (χ2n) is 2.70. The quantitative estimate of drug-likeness (QED) is 0.447. The van der Waals surface area contributed by atoms with Gasteiger partial charge in [-0.15, -0.1) is 0 Å². The fourth-order valence-corrected chi connectivity index (χ4v) is 1.29. The molecule has 3 heteroatoms. The Balaban J connectivity index is 2.58. The van der Waals surface area contributed by atoms with Crippen molar-refractivity contribution in [3.63, 3.8) is 0 Å². The molecule has 1 unspecified atom stereocenters. The number of allylic oxidation sites excluding steroid dienone is 1. The zero-order chi connectivity index (χ0) is 7.56. The Bertz CT molecular complexity index is 143. The van der Waals surface area contributed by atoms with Crippen molar-refractivity contribution in [3.8, 4) is 0 Å². The van der Waals surface area contributed by atoms with E-state index in [1.807, 2.05) is 13.0 Å². The third-order valence-corrected chi connectivity index (χ3v) is 1.94. The Kier molecular flexibility index (Phi) is 2.43. The fraction of sp³-hybridized carbons (Fsp3) is 0.714. The van der Waals surface area contributed by atoms with Gasteiger partial charge < -0.3 is 10.4 Å². The molecular weight excluding hydrogens is 130 g/mol. The standard InChI is InChI=1S/C7H12NO2/c1-6-4-2-3-5-7(6)8(9)10/h4,7,9H,2-3,5H2,1H3/q-1. The van der Waals surface area contributed by atoms with E-state index in [0.717, 1.165) is 24.8 Å². The van der Waals surface area contributed by atoms with Gasteiger partial charge in [0.25, 0.3) is 0 Å². The van der Waals surface area contributed by atoms with Crippen LogP contribution < -0.4 is 0 Å². The number of hydrogen-bond donors (Lipinski definition) is 1. The van der Waals surface area contributed by atoms with Gasteiger partial charge in [-0.1, -0.05) is 11.6 Å². The SMILES string of the molecule is CC1=CCCCC1N([O-])O. The first kappa shape index (κ1) is 7.72. The van der Waals surface area contributed by atoms with Gasteiger partial charge in [0.05, 0.1) is 0 Å². The Labute approximate surface area is 60.5 Å². The maximum atomic E-state index is 10.4. The molecule has 58 valence electrons. The summed E-state index contributed by atoms with van der Waals surface area (Å²) in [6.07, 6.45) is 4.83. The summed E-state index contributed by atoms with van der Waals surface area (Å²) in [6.45, 7) is 1.88. The third-order valence-electron chi connectivity index (χ3n) is 1.94. The van der Waals surface area contributed by atoms with E-state index in [9.17, 15) is 5.21 Å². The summed E-state index contributed by atoms with van der Waals surface area (Å²) in [6, 6.07) is -0.284. The van der Waals surface area contributed by atoms with Gasteiger partial charge in [-0.25, -0.2) is 0 Å². The van der Waals surface area contributed by atoms with E-state index in [1.165, 1.54) is 0 Å². The predicted molar refractivity (Wildman–Crippen MR) is 38.4 cm³/mol. The van der Waals surface area contributed by atoms with E-state index < -0.39 is 0 Å². The monoisotopic (exact) mass is 142 g/mol. The van der Waals surface area contributed by atoms with Crippen molar-refractivity contribution in [1.82, 2.24) is 5.23 Å². The van der Waals surface area contributed by atoms with Crippen LogP contribution in [-0.4, -0.2) is 16.5 Å². The highest BCUT2D eigenvalue weighted by atomic mass is 16.8. The van der Waals surface area contributed by atoms with Crippen molar-refractivity contribution in [2.45, 2.75) is 32.2 Å². The molecule has 1 atom stereocenters. The van der Waals surface area contributed by atoms with Gasteiger partial charge in [0.1, 0.15) is 0 Å². The summed E-state index contributed by atoms with van der Waals surface area (Å²) in [5.74, 6) is 0. The predicted octanol–water partition coefficient (Wildman–Crippen LogP) is 1.67. The minimum absolute atomic E-state index is 0.0605. The van der Waals surface area contributed by atoms with E-state index in [2.05, 4.69) is 0 Å². The highest BCUT2D eigenvalue weighted by Crippen LogP contribution is 2.20. The Morgan fingerprint density at radius 2 is 2.50 bits per heavy atom. The molecule has 0 radical (unpaired) electrons. The molecule has 0 bridgehead atoms. The smallest absolute Gasteiger partial charge is 0.0423 e. The lowest BCUT2D eigenvalue weighted by atomic mass is 9.96. The average molecular weight is 142 g/mol. The molecule has 3 nitrogen and oxygen atoms in total. The number of hydroxylamine groups is 2. The number of nitrogens with zero attached hydrogens (tertiary/aromatic N) is 1. The van der Waals surface area contributed by atoms with E-state index in [0.29, 0.717) is 0 Å². The molecule has 1 aliphatic rings. The van der Waals surface area contributed by atoms with E-state index in [1.54, 1.807) is 0 Å². The zero-order valence-electron chi connectivity index (χ0n) is 6.08. The van der Waals surface area contributed by atoms with Crippen LogP contribution in [0.15, 0.2) is 11.6 Å². The molecule has 0 saturated heterocycles. The molecule has 0 aromatic heterocycles. The molecule has 0 aromatic carbocycles. The Hall–Kier alpha value is -0.380. The second kappa shape index (κ2) is 3.14. The van der Waals surface area contributed by atoms with Crippen molar-refractivity contribution in [2.24, 2.45) is 0 Å². The van der Waals surface area contributed by atoms with Crippen LogP contribution in [0.25, 0.3) is 0 Å². The van der Waals surface area contributed by atoms with Crippen LogP contribution >= 0.6 is 0 Å². The minimum Gasteiger partial charge on any atom is -0.762 e. The third kappa shape index (κ3) is 1.56. The number of rotatable bonds is 1. The lowest BCUT2D eigenvalue weighted by molar-refractivity contribution is -0.0710. The molecule has 1 N–H and O–H groups in total. The summed E-state index contributed by atoms with van der Waals surface area (Å²) < 4.78 is 0. The molecule has 1 rings (SSSR count). The molecule has 10 heavy (non-hydrogen) atoms. The molecule has 1 aliphatic carbocycles. The lowest BCUT2D eigenvalue weighted by Crippen LogP contribution is -2.29. The molecule has 0 aliphatic heterocycles. The van der Waals surface area contributed by atoms with Gasteiger partial charge in [0, 0.05) is 6.04 Å². The van der Waals surface area contributed by atoms with Crippen LogP contribution in [-0.2, 0) is 0 Å². The Morgan fingerprint density at radius 3 is 2.90 bits per heavy atom. The highest BCUT2D eigenvalue weighted by molar-refractivity contribution is 5.10. The molecule has 0 amide bonds. The lowest BCUT2D eigenvalue weighted by Gasteiger charge is -2.33. The zero-order valence-corrected chi connectivity index (χ0v) is 6.08. The highest BCUT2D eigenvalue weighted by Gasteiger charge is 2.13. The van der Waals surface area contributed by atoms with Crippen molar-refractivity contribution in [3.05, 3.63) is 16.9 Å².